The minimum absolute atomic E-state index is 0.0483. The zero-order valence-corrected chi connectivity index (χ0v) is 9.32. The van der Waals surface area contributed by atoms with Crippen molar-refractivity contribution in [3.05, 3.63) is 31.9 Å². The van der Waals surface area contributed by atoms with E-state index in [2.05, 4.69) is 11.2 Å². The van der Waals surface area contributed by atoms with E-state index >= 15 is 0 Å². The van der Waals surface area contributed by atoms with Crippen LogP contribution >= 0.6 is 22.6 Å². The number of hydrogen-bond acceptors (Lipinski definition) is 3. The third kappa shape index (κ3) is 2.60. The number of nitro groups is 1. The molecule has 4 nitrogen and oxygen atoms in total. The number of anilines is 1. The largest absolute Gasteiger partial charge is 0.369 e. The van der Waals surface area contributed by atoms with Crippen LogP contribution in [0.25, 0.3) is 0 Å². The minimum atomic E-state index is -0.430. The summed E-state index contributed by atoms with van der Waals surface area (Å²) in [5.74, 6) is 2.36. The van der Waals surface area contributed by atoms with Crippen LogP contribution in [0, 0.1) is 26.0 Å². The molecular weight excluding hydrogens is 295 g/mol. The maximum absolute atomic E-state index is 10.6. The van der Waals surface area contributed by atoms with Gasteiger partial charge in [0.2, 0.25) is 0 Å². The van der Waals surface area contributed by atoms with Crippen LogP contribution in [0.3, 0.4) is 0 Å². The van der Waals surface area contributed by atoms with Crippen LogP contribution in [0.5, 0.6) is 0 Å². The van der Waals surface area contributed by atoms with E-state index in [9.17, 15) is 10.1 Å². The molecule has 0 saturated heterocycles. The first-order valence-corrected chi connectivity index (χ1v) is 4.84. The van der Waals surface area contributed by atoms with E-state index in [1.807, 2.05) is 22.6 Å². The van der Waals surface area contributed by atoms with Crippen molar-refractivity contribution in [2.45, 2.75) is 0 Å². The number of hydrogen-bond donors (Lipinski definition) is 1. The molecule has 0 spiro atoms. The summed E-state index contributed by atoms with van der Waals surface area (Å²) in [6.07, 6.45) is 5.05. The number of rotatable bonds is 3. The predicted octanol–water partition coefficient (Wildman–Crippen LogP) is 2.24. The van der Waals surface area contributed by atoms with Crippen molar-refractivity contribution in [1.82, 2.24) is 0 Å². The van der Waals surface area contributed by atoms with Gasteiger partial charge in [0, 0.05) is 9.64 Å². The Balaban J connectivity index is 3.03. The van der Waals surface area contributed by atoms with Crippen molar-refractivity contribution in [2.75, 3.05) is 11.9 Å². The Morgan fingerprint density at radius 3 is 2.93 bits per heavy atom. The first kappa shape index (κ1) is 10.8. The summed E-state index contributed by atoms with van der Waals surface area (Å²) in [7, 11) is 0. The van der Waals surface area contributed by atoms with E-state index in [1.54, 1.807) is 12.1 Å². The van der Waals surface area contributed by atoms with Crippen LogP contribution in [0.15, 0.2) is 18.2 Å². The number of nitrogens with one attached hydrogen (secondary N) is 1. The number of terminal acetylenes is 1. The van der Waals surface area contributed by atoms with Crippen molar-refractivity contribution in [1.29, 1.82) is 0 Å². The Labute approximate surface area is 95.0 Å². The van der Waals surface area contributed by atoms with Crippen molar-refractivity contribution in [3.8, 4) is 12.3 Å². The number of halogens is 1. The van der Waals surface area contributed by atoms with Gasteiger partial charge in [-0.05, 0) is 34.7 Å². The summed E-state index contributed by atoms with van der Waals surface area (Å²) in [6.45, 7) is 0.279. The van der Waals surface area contributed by atoms with Gasteiger partial charge in [-0.1, -0.05) is 5.92 Å². The topological polar surface area (TPSA) is 55.2 Å². The van der Waals surface area contributed by atoms with Crippen molar-refractivity contribution in [3.63, 3.8) is 0 Å². The molecule has 0 atom stereocenters. The Morgan fingerprint density at radius 2 is 2.36 bits per heavy atom. The van der Waals surface area contributed by atoms with E-state index in [0.717, 1.165) is 3.57 Å². The molecule has 0 amide bonds. The smallest absolute Gasteiger partial charge is 0.293 e. The molecule has 0 radical (unpaired) electrons. The molecule has 0 aliphatic rings. The van der Waals surface area contributed by atoms with Gasteiger partial charge < -0.3 is 5.32 Å². The van der Waals surface area contributed by atoms with Gasteiger partial charge in [-0.3, -0.25) is 10.1 Å². The first-order valence-electron chi connectivity index (χ1n) is 3.76. The lowest BCUT2D eigenvalue weighted by molar-refractivity contribution is -0.384. The fraction of sp³-hybridized carbons (Fsp3) is 0.111. The maximum atomic E-state index is 10.6. The maximum Gasteiger partial charge on any atom is 0.293 e. The van der Waals surface area contributed by atoms with E-state index in [0.29, 0.717) is 5.69 Å². The van der Waals surface area contributed by atoms with Crippen LogP contribution < -0.4 is 5.32 Å². The van der Waals surface area contributed by atoms with Crippen LogP contribution in [0.2, 0.25) is 0 Å². The molecule has 72 valence electrons. The summed E-state index contributed by atoms with van der Waals surface area (Å²) in [5, 5.41) is 13.4. The Kier molecular flexibility index (Phi) is 3.71. The third-order valence-electron chi connectivity index (χ3n) is 1.54. The van der Waals surface area contributed by atoms with Gasteiger partial charge in [0.1, 0.15) is 5.69 Å². The summed E-state index contributed by atoms with van der Waals surface area (Å²) in [4.78, 5) is 10.2. The molecule has 0 heterocycles. The standard InChI is InChI=1S/C9H7IN2O2/c1-2-5-11-8-4-3-7(10)6-9(8)12(13)14/h1,3-4,6,11H,5H2. The van der Waals surface area contributed by atoms with Gasteiger partial charge in [0.15, 0.2) is 0 Å². The zero-order chi connectivity index (χ0) is 10.6. The quantitative estimate of drug-likeness (QED) is 0.403. The summed E-state index contributed by atoms with van der Waals surface area (Å²) >= 11 is 2.02. The summed E-state index contributed by atoms with van der Waals surface area (Å²) in [6, 6.07) is 4.93. The normalized spacial score (nSPS) is 9.14. The highest BCUT2D eigenvalue weighted by molar-refractivity contribution is 14.1. The van der Waals surface area contributed by atoms with Gasteiger partial charge in [0.25, 0.3) is 5.69 Å². The van der Waals surface area contributed by atoms with E-state index in [1.165, 1.54) is 6.07 Å². The molecule has 0 bridgehead atoms. The second-order valence-electron chi connectivity index (χ2n) is 2.48. The fourth-order valence-corrected chi connectivity index (χ4v) is 1.43. The van der Waals surface area contributed by atoms with E-state index < -0.39 is 4.92 Å². The average molecular weight is 302 g/mol. The molecule has 0 unspecified atom stereocenters. The molecule has 5 heteroatoms. The van der Waals surface area contributed by atoms with Crippen LogP contribution in [-0.2, 0) is 0 Å². The predicted molar refractivity (Wildman–Crippen MR) is 63.1 cm³/mol. The molecule has 0 fully saturated rings. The molecule has 14 heavy (non-hydrogen) atoms. The molecule has 1 N–H and O–H groups in total. The van der Waals surface area contributed by atoms with Crippen LogP contribution in [-0.4, -0.2) is 11.5 Å². The average Bonchev–Trinajstić information content (AvgIpc) is 2.15. The van der Waals surface area contributed by atoms with Gasteiger partial charge in [0.05, 0.1) is 11.5 Å². The van der Waals surface area contributed by atoms with E-state index in [-0.39, 0.29) is 12.2 Å². The number of nitrogens with zero attached hydrogens (tertiary/aromatic N) is 1. The molecule has 0 aromatic heterocycles. The lowest BCUT2D eigenvalue weighted by Gasteiger charge is -2.03. The Bertz CT molecular complexity index is 398. The molecular formula is C9H7IN2O2. The zero-order valence-electron chi connectivity index (χ0n) is 7.16. The molecule has 1 aromatic carbocycles. The second-order valence-corrected chi connectivity index (χ2v) is 3.72. The minimum Gasteiger partial charge on any atom is -0.369 e. The highest BCUT2D eigenvalue weighted by atomic mass is 127. The summed E-state index contributed by atoms with van der Waals surface area (Å²) in [5.41, 5.74) is 0.500. The fourth-order valence-electron chi connectivity index (χ4n) is 0.952. The van der Waals surface area contributed by atoms with Crippen molar-refractivity contribution < 1.29 is 4.92 Å². The van der Waals surface area contributed by atoms with Crippen molar-refractivity contribution >= 4 is 34.0 Å². The van der Waals surface area contributed by atoms with Crippen LogP contribution in [0.4, 0.5) is 11.4 Å². The first-order chi connectivity index (χ1) is 6.65. The number of benzene rings is 1. The molecule has 0 aliphatic carbocycles. The molecule has 0 aliphatic heterocycles. The Hall–Kier alpha value is -1.29. The van der Waals surface area contributed by atoms with E-state index in [4.69, 9.17) is 6.42 Å². The number of nitro benzene ring substituents is 1. The van der Waals surface area contributed by atoms with Gasteiger partial charge in [-0.25, -0.2) is 0 Å². The molecule has 1 aromatic rings. The van der Waals surface area contributed by atoms with Crippen LogP contribution in [0.1, 0.15) is 0 Å². The van der Waals surface area contributed by atoms with Gasteiger partial charge in [-0.15, -0.1) is 6.42 Å². The van der Waals surface area contributed by atoms with Crippen molar-refractivity contribution in [2.24, 2.45) is 0 Å². The lowest BCUT2D eigenvalue weighted by atomic mass is 10.2. The van der Waals surface area contributed by atoms with Gasteiger partial charge >= 0.3 is 0 Å². The SMILES string of the molecule is C#CCNc1ccc(I)cc1[N+](=O)[O-]. The Morgan fingerprint density at radius 1 is 1.64 bits per heavy atom. The molecule has 1 rings (SSSR count). The summed E-state index contributed by atoms with van der Waals surface area (Å²) < 4.78 is 0.820. The highest BCUT2D eigenvalue weighted by Gasteiger charge is 2.12. The highest BCUT2D eigenvalue weighted by Crippen LogP contribution is 2.25. The monoisotopic (exact) mass is 302 g/mol. The molecule has 0 saturated carbocycles. The lowest BCUT2D eigenvalue weighted by Crippen LogP contribution is -2.02. The third-order valence-corrected chi connectivity index (χ3v) is 2.21. The second kappa shape index (κ2) is 4.81. The van der Waals surface area contributed by atoms with Gasteiger partial charge in [-0.2, -0.15) is 0 Å².